The van der Waals surface area contributed by atoms with Crippen LogP contribution in [0, 0.1) is 5.92 Å². The predicted molar refractivity (Wildman–Crippen MR) is 80.7 cm³/mol. The highest BCUT2D eigenvalue weighted by atomic mass is 16.4. The molecule has 1 aromatic rings. The SMILES string of the molecule is C[C@H](NCc1ccc(CC(=O)O)cc1)C1CCCCC1. The van der Waals surface area contributed by atoms with Gasteiger partial charge in [-0.05, 0) is 36.8 Å². The first kappa shape index (κ1) is 15.0. The summed E-state index contributed by atoms with van der Waals surface area (Å²) in [5.74, 6) is 0.0387. The smallest absolute Gasteiger partial charge is 0.307 e. The molecule has 1 aliphatic carbocycles. The monoisotopic (exact) mass is 275 g/mol. The molecule has 3 nitrogen and oxygen atoms in total. The Labute approximate surface area is 121 Å². The Balaban J connectivity index is 1.79. The van der Waals surface area contributed by atoms with Crippen molar-refractivity contribution in [3.05, 3.63) is 35.4 Å². The molecule has 1 atom stereocenters. The lowest BCUT2D eigenvalue weighted by molar-refractivity contribution is -0.136. The molecule has 3 heteroatoms. The summed E-state index contributed by atoms with van der Waals surface area (Å²) < 4.78 is 0. The summed E-state index contributed by atoms with van der Waals surface area (Å²) in [4.78, 5) is 10.6. The van der Waals surface area contributed by atoms with Crippen LogP contribution >= 0.6 is 0 Å². The van der Waals surface area contributed by atoms with E-state index in [-0.39, 0.29) is 6.42 Å². The summed E-state index contributed by atoms with van der Waals surface area (Å²) >= 11 is 0. The molecule has 0 spiro atoms. The van der Waals surface area contributed by atoms with Gasteiger partial charge in [0.25, 0.3) is 0 Å². The van der Waals surface area contributed by atoms with Crippen molar-refractivity contribution in [2.24, 2.45) is 5.92 Å². The zero-order valence-electron chi connectivity index (χ0n) is 12.3. The van der Waals surface area contributed by atoms with E-state index in [1.54, 1.807) is 0 Å². The van der Waals surface area contributed by atoms with Gasteiger partial charge in [0, 0.05) is 12.6 Å². The number of carboxylic acid groups (broad SMARTS) is 1. The van der Waals surface area contributed by atoms with Gasteiger partial charge < -0.3 is 10.4 Å². The average Bonchev–Trinajstić information content (AvgIpc) is 2.46. The van der Waals surface area contributed by atoms with Gasteiger partial charge in [-0.25, -0.2) is 0 Å². The summed E-state index contributed by atoms with van der Waals surface area (Å²) in [5.41, 5.74) is 2.09. The van der Waals surface area contributed by atoms with Crippen molar-refractivity contribution in [3.63, 3.8) is 0 Å². The van der Waals surface area contributed by atoms with E-state index in [1.165, 1.54) is 37.7 Å². The van der Waals surface area contributed by atoms with Crippen LogP contribution in [0.3, 0.4) is 0 Å². The zero-order valence-corrected chi connectivity index (χ0v) is 12.3. The largest absolute Gasteiger partial charge is 0.481 e. The number of hydrogen-bond donors (Lipinski definition) is 2. The van der Waals surface area contributed by atoms with Crippen LogP contribution in [0.15, 0.2) is 24.3 Å². The van der Waals surface area contributed by atoms with Gasteiger partial charge in [0.1, 0.15) is 0 Å². The molecule has 20 heavy (non-hydrogen) atoms. The Morgan fingerprint density at radius 1 is 1.20 bits per heavy atom. The van der Waals surface area contributed by atoms with E-state index in [2.05, 4.69) is 12.2 Å². The summed E-state index contributed by atoms with van der Waals surface area (Å²) in [7, 11) is 0. The van der Waals surface area contributed by atoms with Crippen LogP contribution in [0.4, 0.5) is 0 Å². The number of benzene rings is 1. The van der Waals surface area contributed by atoms with Crippen molar-refractivity contribution in [1.29, 1.82) is 0 Å². The Hall–Kier alpha value is -1.35. The maximum Gasteiger partial charge on any atom is 0.307 e. The molecule has 110 valence electrons. The van der Waals surface area contributed by atoms with E-state index in [0.717, 1.165) is 18.0 Å². The third-order valence-electron chi connectivity index (χ3n) is 4.36. The molecule has 1 saturated carbocycles. The Bertz CT molecular complexity index is 421. The van der Waals surface area contributed by atoms with Crippen molar-refractivity contribution >= 4 is 5.97 Å². The molecule has 0 saturated heterocycles. The van der Waals surface area contributed by atoms with E-state index >= 15 is 0 Å². The van der Waals surface area contributed by atoms with Crippen LogP contribution in [-0.4, -0.2) is 17.1 Å². The Morgan fingerprint density at radius 3 is 2.40 bits per heavy atom. The molecule has 0 amide bonds. The molecule has 1 fully saturated rings. The van der Waals surface area contributed by atoms with Crippen LogP contribution in [0.2, 0.25) is 0 Å². The lowest BCUT2D eigenvalue weighted by Gasteiger charge is -2.28. The highest BCUT2D eigenvalue weighted by Crippen LogP contribution is 2.26. The van der Waals surface area contributed by atoms with Crippen molar-refractivity contribution < 1.29 is 9.90 Å². The molecule has 0 radical (unpaired) electrons. The Morgan fingerprint density at radius 2 is 1.80 bits per heavy atom. The van der Waals surface area contributed by atoms with Crippen LogP contribution in [0.25, 0.3) is 0 Å². The van der Waals surface area contributed by atoms with Crippen LogP contribution in [0.5, 0.6) is 0 Å². The van der Waals surface area contributed by atoms with E-state index in [0.29, 0.717) is 6.04 Å². The fourth-order valence-corrected chi connectivity index (χ4v) is 3.03. The first-order valence-corrected chi connectivity index (χ1v) is 7.68. The lowest BCUT2D eigenvalue weighted by atomic mass is 9.84. The van der Waals surface area contributed by atoms with E-state index in [4.69, 9.17) is 5.11 Å². The second kappa shape index (κ2) is 7.44. The zero-order chi connectivity index (χ0) is 14.4. The minimum atomic E-state index is -0.776. The van der Waals surface area contributed by atoms with Crippen molar-refractivity contribution in [1.82, 2.24) is 5.32 Å². The number of hydrogen-bond acceptors (Lipinski definition) is 2. The second-order valence-electron chi connectivity index (χ2n) is 5.95. The van der Waals surface area contributed by atoms with E-state index < -0.39 is 5.97 Å². The second-order valence-corrected chi connectivity index (χ2v) is 5.95. The standard InChI is InChI=1S/C17H25NO2/c1-13(16-5-3-2-4-6-16)18-12-15-9-7-14(8-10-15)11-17(19)20/h7-10,13,16,18H,2-6,11-12H2,1H3,(H,19,20)/t13-/m0/s1. The summed E-state index contributed by atoms with van der Waals surface area (Å²) in [6, 6.07) is 8.44. The van der Waals surface area contributed by atoms with Gasteiger partial charge in [-0.3, -0.25) is 4.79 Å². The molecular weight excluding hydrogens is 250 g/mol. The average molecular weight is 275 g/mol. The number of aliphatic carboxylic acids is 1. The van der Waals surface area contributed by atoms with Crippen molar-refractivity contribution in [3.8, 4) is 0 Å². The summed E-state index contributed by atoms with van der Waals surface area (Å²) in [6.07, 6.45) is 6.96. The van der Waals surface area contributed by atoms with Gasteiger partial charge in [0.05, 0.1) is 6.42 Å². The lowest BCUT2D eigenvalue weighted by Crippen LogP contribution is -2.34. The minimum Gasteiger partial charge on any atom is -0.481 e. The van der Waals surface area contributed by atoms with Gasteiger partial charge in [-0.15, -0.1) is 0 Å². The van der Waals surface area contributed by atoms with Crippen molar-refractivity contribution in [2.75, 3.05) is 0 Å². The van der Waals surface area contributed by atoms with Gasteiger partial charge in [-0.1, -0.05) is 43.5 Å². The van der Waals surface area contributed by atoms with Gasteiger partial charge >= 0.3 is 5.97 Å². The molecular formula is C17H25NO2. The maximum absolute atomic E-state index is 10.6. The minimum absolute atomic E-state index is 0.103. The molecule has 2 rings (SSSR count). The topological polar surface area (TPSA) is 49.3 Å². The number of carbonyl (C=O) groups is 1. The fraction of sp³-hybridized carbons (Fsp3) is 0.588. The van der Waals surface area contributed by atoms with Crippen LogP contribution in [0.1, 0.15) is 50.2 Å². The summed E-state index contributed by atoms with van der Waals surface area (Å²) in [6.45, 7) is 3.15. The molecule has 0 aromatic heterocycles. The molecule has 0 unspecified atom stereocenters. The van der Waals surface area contributed by atoms with Crippen molar-refractivity contribution in [2.45, 2.75) is 58.0 Å². The first-order chi connectivity index (χ1) is 9.65. The molecule has 1 aromatic carbocycles. The van der Waals surface area contributed by atoms with E-state index in [1.807, 2.05) is 24.3 Å². The maximum atomic E-state index is 10.6. The third-order valence-corrected chi connectivity index (χ3v) is 4.36. The Kier molecular flexibility index (Phi) is 5.60. The molecule has 0 bridgehead atoms. The van der Waals surface area contributed by atoms with Crippen LogP contribution < -0.4 is 5.32 Å². The van der Waals surface area contributed by atoms with Gasteiger partial charge in [-0.2, -0.15) is 0 Å². The van der Waals surface area contributed by atoms with Crippen LogP contribution in [-0.2, 0) is 17.8 Å². The third kappa shape index (κ3) is 4.64. The molecule has 1 aliphatic rings. The summed E-state index contributed by atoms with van der Waals surface area (Å²) in [5, 5.41) is 12.4. The first-order valence-electron chi connectivity index (χ1n) is 7.68. The number of nitrogens with one attached hydrogen (secondary N) is 1. The molecule has 0 heterocycles. The number of rotatable bonds is 6. The predicted octanol–water partition coefficient (Wildman–Crippen LogP) is 3.37. The van der Waals surface area contributed by atoms with E-state index in [9.17, 15) is 4.79 Å². The molecule has 2 N–H and O–H groups in total. The number of carboxylic acids is 1. The van der Waals surface area contributed by atoms with Gasteiger partial charge in [0.15, 0.2) is 0 Å². The highest BCUT2D eigenvalue weighted by Gasteiger charge is 2.19. The highest BCUT2D eigenvalue weighted by molar-refractivity contribution is 5.70. The van der Waals surface area contributed by atoms with Gasteiger partial charge in [0.2, 0.25) is 0 Å². The fourth-order valence-electron chi connectivity index (χ4n) is 3.03. The molecule has 0 aliphatic heterocycles. The normalized spacial score (nSPS) is 17.9. The quantitative estimate of drug-likeness (QED) is 0.837.